The van der Waals surface area contributed by atoms with Gasteiger partial charge in [-0.15, -0.1) is 0 Å². The van der Waals surface area contributed by atoms with Gasteiger partial charge in [-0.05, 0) is 37.5 Å². The van der Waals surface area contributed by atoms with Gasteiger partial charge in [-0.3, -0.25) is 4.79 Å². The molecule has 2 N–H and O–H groups in total. The molecule has 4 heteroatoms. The Bertz CT molecular complexity index is 432. The number of rotatable bonds is 3. The molecule has 2 unspecified atom stereocenters. The van der Waals surface area contributed by atoms with Crippen LogP contribution in [-0.4, -0.2) is 37.0 Å². The second kappa shape index (κ2) is 5.40. The highest BCUT2D eigenvalue weighted by Gasteiger charge is 2.28. The van der Waals surface area contributed by atoms with Crippen molar-refractivity contribution in [1.82, 2.24) is 4.90 Å². The molecule has 4 nitrogen and oxygen atoms in total. The number of hydrogen-bond donors (Lipinski definition) is 1. The molecule has 1 heterocycles. The lowest BCUT2D eigenvalue weighted by Gasteiger charge is -2.18. The summed E-state index contributed by atoms with van der Waals surface area (Å²) in [7, 11) is 1.60. The van der Waals surface area contributed by atoms with Gasteiger partial charge in [0.2, 0.25) is 0 Å². The van der Waals surface area contributed by atoms with Gasteiger partial charge >= 0.3 is 0 Å². The molecule has 2 atom stereocenters. The Morgan fingerprint density at radius 1 is 1.56 bits per heavy atom. The molecule has 0 saturated carbocycles. The first-order valence-electron chi connectivity index (χ1n) is 6.30. The molecule has 2 rings (SSSR count). The molecule has 0 bridgehead atoms. The Balaban J connectivity index is 2.08. The van der Waals surface area contributed by atoms with Crippen molar-refractivity contribution in [2.75, 3.05) is 20.2 Å². The first-order valence-corrected chi connectivity index (χ1v) is 6.30. The van der Waals surface area contributed by atoms with Crippen LogP contribution in [-0.2, 0) is 0 Å². The van der Waals surface area contributed by atoms with Crippen LogP contribution in [0.2, 0.25) is 0 Å². The van der Waals surface area contributed by atoms with Crippen LogP contribution in [0.4, 0.5) is 0 Å². The molecule has 1 aliphatic heterocycles. The highest BCUT2D eigenvalue weighted by molar-refractivity contribution is 5.94. The number of carbonyl (C=O) groups is 1. The highest BCUT2D eigenvalue weighted by atomic mass is 16.5. The van der Waals surface area contributed by atoms with Crippen LogP contribution in [0.1, 0.15) is 23.7 Å². The van der Waals surface area contributed by atoms with Gasteiger partial charge in [0.1, 0.15) is 5.75 Å². The van der Waals surface area contributed by atoms with Crippen LogP contribution in [0.3, 0.4) is 0 Å². The highest BCUT2D eigenvalue weighted by Crippen LogP contribution is 2.22. The number of hydrogen-bond acceptors (Lipinski definition) is 3. The molecule has 1 aromatic rings. The Labute approximate surface area is 108 Å². The van der Waals surface area contributed by atoms with Gasteiger partial charge in [0.15, 0.2) is 0 Å². The Kier molecular flexibility index (Phi) is 3.87. The van der Waals surface area contributed by atoms with Crippen molar-refractivity contribution < 1.29 is 9.53 Å². The van der Waals surface area contributed by atoms with E-state index < -0.39 is 0 Å². The van der Waals surface area contributed by atoms with Crippen LogP contribution < -0.4 is 10.5 Å². The van der Waals surface area contributed by atoms with E-state index >= 15 is 0 Å². The number of likely N-dealkylation sites (tertiary alicyclic amines) is 1. The first kappa shape index (κ1) is 12.9. The molecule has 98 valence electrons. The quantitative estimate of drug-likeness (QED) is 0.882. The van der Waals surface area contributed by atoms with Crippen molar-refractivity contribution in [2.45, 2.75) is 19.4 Å². The largest absolute Gasteiger partial charge is 0.497 e. The Hall–Kier alpha value is -1.55. The number of carbonyl (C=O) groups excluding carboxylic acids is 1. The smallest absolute Gasteiger partial charge is 0.253 e. The first-order chi connectivity index (χ1) is 8.61. The van der Waals surface area contributed by atoms with E-state index in [1.807, 2.05) is 30.0 Å². The van der Waals surface area contributed by atoms with Gasteiger partial charge in [-0.25, -0.2) is 0 Å². The summed E-state index contributed by atoms with van der Waals surface area (Å²) >= 11 is 0. The van der Waals surface area contributed by atoms with Crippen LogP contribution in [0, 0.1) is 5.92 Å². The predicted octanol–water partition coefficient (Wildman–Crippen LogP) is 1.50. The van der Waals surface area contributed by atoms with Crippen LogP contribution >= 0.6 is 0 Å². The molecule has 1 amide bonds. The van der Waals surface area contributed by atoms with Crippen molar-refractivity contribution >= 4 is 5.91 Å². The van der Waals surface area contributed by atoms with Crippen molar-refractivity contribution in [3.8, 4) is 5.75 Å². The summed E-state index contributed by atoms with van der Waals surface area (Å²) in [6, 6.07) is 7.43. The minimum absolute atomic E-state index is 0.0667. The van der Waals surface area contributed by atoms with Crippen LogP contribution in [0.25, 0.3) is 0 Å². The van der Waals surface area contributed by atoms with E-state index in [-0.39, 0.29) is 11.9 Å². The lowest BCUT2D eigenvalue weighted by atomic mass is 10.0. The van der Waals surface area contributed by atoms with E-state index in [1.165, 1.54) is 0 Å². The van der Waals surface area contributed by atoms with Crippen molar-refractivity contribution in [1.29, 1.82) is 0 Å². The lowest BCUT2D eigenvalue weighted by Crippen LogP contribution is -2.32. The molecule has 1 saturated heterocycles. The summed E-state index contributed by atoms with van der Waals surface area (Å²) in [4.78, 5) is 14.2. The Morgan fingerprint density at radius 2 is 2.33 bits per heavy atom. The molecule has 0 spiro atoms. The SMILES string of the molecule is COc1cccc(C(=O)N2CCC(C(C)N)C2)c1. The fourth-order valence-corrected chi connectivity index (χ4v) is 2.34. The fourth-order valence-electron chi connectivity index (χ4n) is 2.34. The third-order valence-electron chi connectivity index (χ3n) is 3.57. The van der Waals surface area contributed by atoms with Crippen LogP contribution in [0.5, 0.6) is 5.75 Å². The van der Waals surface area contributed by atoms with E-state index in [1.54, 1.807) is 13.2 Å². The van der Waals surface area contributed by atoms with Gasteiger partial charge < -0.3 is 15.4 Å². The van der Waals surface area contributed by atoms with Crippen molar-refractivity contribution in [3.63, 3.8) is 0 Å². The van der Waals surface area contributed by atoms with Crippen molar-refractivity contribution in [2.24, 2.45) is 11.7 Å². The fraction of sp³-hybridized carbons (Fsp3) is 0.500. The van der Waals surface area contributed by atoms with Gasteiger partial charge in [0.25, 0.3) is 5.91 Å². The lowest BCUT2D eigenvalue weighted by molar-refractivity contribution is 0.0785. The molecule has 0 aromatic heterocycles. The molecule has 0 radical (unpaired) electrons. The zero-order valence-electron chi connectivity index (χ0n) is 10.9. The molecule has 0 aliphatic carbocycles. The molecular formula is C14H20N2O2. The topological polar surface area (TPSA) is 55.6 Å². The number of nitrogens with zero attached hydrogens (tertiary/aromatic N) is 1. The summed E-state index contributed by atoms with van der Waals surface area (Å²) in [5, 5.41) is 0. The van der Waals surface area contributed by atoms with Crippen LogP contribution in [0.15, 0.2) is 24.3 Å². The van der Waals surface area contributed by atoms with E-state index in [4.69, 9.17) is 10.5 Å². The number of benzene rings is 1. The maximum absolute atomic E-state index is 12.3. The maximum atomic E-state index is 12.3. The normalized spacial score (nSPS) is 20.8. The van der Waals surface area contributed by atoms with E-state index in [0.29, 0.717) is 17.2 Å². The van der Waals surface area contributed by atoms with E-state index in [9.17, 15) is 4.79 Å². The summed E-state index contributed by atoms with van der Waals surface area (Å²) in [6.45, 7) is 3.56. The minimum Gasteiger partial charge on any atom is -0.497 e. The summed E-state index contributed by atoms with van der Waals surface area (Å²) in [5.74, 6) is 1.19. The molecule has 1 aromatic carbocycles. The van der Waals surface area contributed by atoms with Gasteiger partial charge in [-0.1, -0.05) is 6.07 Å². The predicted molar refractivity (Wildman–Crippen MR) is 70.7 cm³/mol. The average molecular weight is 248 g/mol. The zero-order chi connectivity index (χ0) is 13.1. The van der Waals surface area contributed by atoms with Crippen molar-refractivity contribution in [3.05, 3.63) is 29.8 Å². The van der Waals surface area contributed by atoms with Gasteiger partial charge in [0.05, 0.1) is 7.11 Å². The number of ether oxygens (including phenoxy) is 1. The standard InChI is InChI=1S/C14H20N2O2/c1-10(15)12-6-7-16(9-12)14(17)11-4-3-5-13(8-11)18-2/h3-5,8,10,12H,6-7,9,15H2,1-2H3. The van der Waals surface area contributed by atoms with Gasteiger partial charge in [-0.2, -0.15) is 0 Å². The van der Waals surface area contributed by atoms with E-state index in [0.717, 1.165) is 19.5 Å². The number of nitrogens with two attached hydrogens (primary N) is 1. The Morgan fingerprint density at radius 3 is 2.94 bits per heavy atom. The third-order valence-corrected chi connectivity index (χ3v) is 3.57. The summed E-state index contributed by atoms with van der Waals surface area (Å²) in [5.41, 5.74) is 6.57. The third kappa shape index (κ3) is 2.64. The van der Waals surface area contributed by atoms with E-state index in [2.05, 4.69) is 0 Å². The minimum atomic E-state index is 0.0667. The summed E-state index contributed by atoms with van der Waals surface area (Å²) in [6.07, 6.45) is 0.993. The molecule has 1 aliphatic rings. The second-order valence-corrected chi connectivity index (χ2v) is 4.89. The van der Waals surface area contributed by atoms with Gasteiger partial charge in [0, 0.05) is 24.7 Å². The molecule has 18 heavy (non-hydrogen) atoms. The summed E-state index contributed by atoms with van der Waals surface area (Å²) < 4.78 is 5.14. The monoisotopic (exact) mass is 248 g/mol. The zero-order valence-corrected chi connectivity index (χ0v) is 10.9. The average Bonchev–Trinajstić information content (AvgIpc) is 2.87. The molecule has 1 fully saturated rings. The second-order valence-electron chi connectivity index (χ2n) is 4.89. The number of amides is 1. The number of methoxy groups -OCH3 is 1. The maximum Gasteiger partial charge on any atom is 0.253 e. The molecular weight excluding hydrogens is 228 g/mol.